The highest BCUT2D eigenvalue weighted by Crippen LogP contribution is 2.31. The van der Waals surface area contributed by atoms with E-state index in [4.69, 9.17) is 25.5 Å². The number of rotatable bonds is 8. The van der Waals surface area contributed by atoms with Crippen LogP contribution in [0, 0.1) is 0 Å². The van der Waals surface area contributed by atoms with Crippen LogP contribution in [-0.4, -0.2) is 23.9 Å². The summed E-state index contributed by atoms with van der Waals surface area (Å²) in [6, 6.07) is 12.7. The number of thiazole rings is 1. The Balaban J connectivity index is 1.50. The highest BCUT2D eigenvalue weighted by atomic mass is 35.5. The molecule has 0 fully saturated rings. The van der Waals surface area contributed by atoms with E-state index in [0.717, 1.165) is 5.69 Å². The van der Waals surface area contributed by atoms with Crippen molar-refractivity contribution in [1.29, 1.82) is 0 Å². The van der Waals surface area contributed by atoms with E-state index in [1.165, 1.54) is 36.8 Å². The first-order chi connectivity index (χ1) is 16.0. The topological polar surface area (TPSA) is 103 Å². The van der Waals surface area contributed by atoms with Crippen molar-refractivity contribution in [1.82, 2.24) is 4.98 Å². The monoisotopic (exact) mass is 483 g/mol. The molecule has 0 saturated carbocycles. The molecular formula is C23H18ClN3O5S. The number of nitrogens with one attached hydrogen (secondary N) is 2. The first-order valence-corrected chi connectivity index (χ1v) is 11.0. The lowest BCUT2D eigenvalue weighted by Crippen LogP contribution is -2.16. The summed E-state index contributed by atoms with van der Waals surface area (Å²) in [5.41, 5.74) is 3.56. The molecule has 2 N–H and O–H groups in total. The van der Waals surface area contributed by atoms with Crippen LogP contribution in [0.3, 0.4) is 0 Å². The first kappa shape index (κ1) is 22.4. The Kier molecular flexibility index (Phi) is 6.92. The molecule has 0 spiro atoms. The van der Waals surface area contributed by atoms with E-state index in [9.17, 15) is 9.59 Å². The number of carbonyl (C=O) groups is 2. The molecule has 2 aromatic heterocycles. The van der Waals surface area contributed by atoms with Crippen molar-refractivity contribution in [3.8, 4) is 11.5 Å². The number of hydrogen-bond acceptors (Lipinski definition) is 7. The van der Waals surface area contributed by atoms with E-state index in [1.54, 1.807) is 41.9 Å². The molecule has 2 amide bonds. The predicted octanol–water partition coefficient (Wildman–Crippen LogP) is 5.48. The average Bonchev–Trinajstić information content (AvgIpc) is 3.54. The maximum Gasteiger partial charge on any atom is 0.291 e. The number of halogens is 1. The second-order valence-electron chi connectivity index (χ2n) is 6.71. The second-order valence-corrected chi connectivity index (χ2v) is 7.86. The highest BCUT2D eigenvalue weighted by molar-refractivity contribution is 7.07. The van der Waals surface area contributed by atoms with Crippen molar-refractivity contribution in [2.45, 2.75) is 6.61 Å². The number of anilines is 2. The molecule has 4 rings (SSSR count). The number of ether oxygens (including phenoxy) is 2. The molecule has 2 aromatic carbocycles. The molecule has 0 radical (unpaired) electrons. The quantitative estimate of drug-likeness (QED) is 0.344. The molecule has 0 unspecified atom stereocenters. The second kappa shape index (κ2) is 10.2. The summed E-state index contributed by atoms with van der Waals surface area (Å²) in [6.45, 7) is 0.287. The molecule has 0 aliphatic rings. The Morgan fingerprint density at radius 2 is 1.91 bits per heavy atom. The van der Waals surface area contributed by atoms with Crippen LogP contribution in [0.4, 0.5) is 11.4 Å². The van der Waals surface area contributed by atoms with Crippen molar-refractivity contribution in [3.05, 3.63) is 87.7 Å². The van der Waals surface area contributed by atoms with Crippen molar-refractivity contribution in [2.75, 3.05) is 17.7 Å². The van der Waals surface area contributed by atoms with Crippen LogP contribution in [0.25, 0.3) is 0 Å². The minimum absolute atomic E-state index is 0.130. The fourth-order valence-electron chi connectivity index (χ4n) is 2.90. The molecule has 168 valence electrons. The SMILES string of the molecule is COc1cc(C(=O)Nc2ccc(Cl)cc2NC(=O)c2ccco2)ccc1OCc1cscn1. The van der Waals surface area contributed by atoms with Gasteiger partial charge in [-0.05, 0) is 48.5 Å². The van der Waals surface area contributed by atoms with Crippen LogP contribution in [-0.2, 0) is 6.61 Å². The fourth-order valence-corrected chi connectivity index (χ4v) is 3.62. The summed E-state index contributed by atoms with van der Waals surface area (Å²) < 4.78 is 16.2. The van der Waals surface area contributed by atoms with E-state index >= 15 is 0 Å². The smallest absolute Gasteiger partial charge is 0.291 e. The van der Waals surface area contributed by atoms with Gasteiger partial charge in [0.15, 0.2) is 17.3 Å². The van der Waals surface area contributed by atoms with E-state index in [2.05, 4.69) is 15.6 Å². The number of amides is 2. The highest BCUT2D eigenvalue weighted by Gasteiger charge is 2.16. The van der Waals surface area contributed by atoms with Gasteiger partial charge in [-0.2, -0.15) is 0 Å². The molecule has 0 saturated heterocycles. The minimum atomic E-state index is -0.471. The summed E-state index contributed by atoms with van der Waals surface area (Å²) in [5.74, 6) is 0.140. The van der Waals surface area contributed by atoms with E-state index in [1.807, 2.05) is 5.38 Å². The molecule has 2 heterocycles. The lowest BCUT2D eigenvalue weighted by molar-refractivity contribution is 0.0993. The molecule has 0 aliphatic heterocycles. The maximum atomic E-state index is 12.9. The third-order valence-corrected chi connectivity index (χ3v) is 5.38. The largest absolute Gasteiger partial charge is 0.493 e. The number of methoxy groups -OCH3 is 1. The van der Waals surface area contributed by atoms with Crippen LogP contribution < -0.4 is 20.1 Å². The Morgan fingerprint density at radius 1 is 1.06 bits per heavy atom. The molecule has 8 nitrogen and oxygen atoms in total. The molecule has 0 aliphatic carbocycles. The number of carbonyl (C=O) groups excluding carboxylic acids is 2. The third-order valence-electron chi connectivity index (χ3n) is 4.51. The Labute approximate surface area is 198 Å². The van der Waals surface area contributed by atoms with Crippen LogP contribution >= 0.6 is 22.9 Å². The lowest BCUT2D eigenvalue weighted by Gasteiger charge is -2.14. The van der Waals surface area contributed by atoms with E-state index in [-0.39, 0.29) is 12.4 Å². The van der Waals surface area contributed by atoms with Crippen molar-refractivity contribution in [3.63, 3.8) is 0 Å². The maximum absolute atomic E-state index is 12.9. The zero-order chi connectivity index (χ0) is 23.2. The van der Waals surface area contributed by atoms with Gasteiger partial charge in [-0.3, -0.25) is 9.59 Å². The molecule has 33 heavy (non-hydrogen) atoms. The fraction of sp³-hybridized carbons (Fsp3) is 0.0870. The van der Waals surface area contributed by atoms with Crippen molar-refractivity contribution >= 4 is 46.1 Å². The van der Waals surface area contributed by atoms with Gasteiger partial charge in [0.1, 0.15) is 6.61 Å². The summed E-state index contributed by atoms with van der Waals surface area (Å²) in [4.78, 5) is 29.5. The minimum Gasteiger partial charge on any atom is -0.493 e. The number of hydrogen-bond donors (Lipinski definition) is 2. The first-order valence-electron chi connectivity index (χ1n) is 9.67. The lowest BCUT2D eigenvalue weighted by atomic mass is 10.1. The molecule has 10 heteroatoms. The van der Waals surface area contributed by atoms with Crippen LogP contribution in [0.1, 0.15) is 26.6 Å². The van der Waals surface area contributed by atoms with Crippen LogP contribution in [0.15, 0.2) is 70.1 Å². The summed E-state index contributed by atoms with van der Waals surface area (Å²) in [5, 5.41) is 7.76. The van der Waals surface area contributed by atoms with Gasteiger partial charge in [0.25, 0.3) is 11.8 Å². The van der Waals surface area contributed by atoms with Crippen molar-refractivity contribution in [2.24, 2.45) is 0 Å². The zero-order valence-electron chi connectivity index (χ0n) is 17.3. The van der Waals surface area contributed by atoms with Gasteiger partial charge in [-0.25, -0.2) is 4.98 Å². The number of benzene rings is 2. The molecule has 0 bridgehead atoms. The van der Waals surface area contributed by atoms with Gasteiger partial charge in [-0.1, -0.05) is 11.6 Å². The third kappa shape index (κ3) is 5.51. The summed E-state index contributed by atoms with van der Waals surface area (Å²) >= 11 is 7.56. The Bertz CT molecular complexity index is 1260. The van der Waals surface area contributed by atoms with Gasteiger partial charge in [-0.15, -0.1) is 11.3 Å². The van der Waals surface area contributed by atoms with Gasteiger partial charge in [0.2, 0.25) is 0 Å². The van der Waals surface area contributed by atoms with Crippen molar-refractivity contribution < 1.29 is 23.5 Å². The van der Waals surface area contributed by atoms with Crippen LogP contribution in [0.2, 0.25) is 5.02 Å². The summed E-state index contributed by atoms with van der Waals surface area (Å²) in [7, 11) is 1.49. The zero-order valence-corrected chi connectivity index (χ0v) is 18.9. The van der Waals surface area contributed by atoms with Crippen LogP contribution in [0.5, 0.6) is 11.5 Å². The van der Waals surface area contributed by atoms with Gasteiger partial charge >= 0.3 is 0 Å². The Morgan fingerprint density at radius 3 is 2.64 bits per heavy atom. The number of furan rings is 1. The summed E-state index contributed by atoms with van der Waals surface area (Å²) in [6.07, 6.45) is 1.40. The number of aromatic nitrogens is 1. The Hall–Kier alpha value is -3.82. The standard InChI is InChI=1S/C23H18ClN3O5S/c1-30-21-9-14(4-7-19(21)32-11-16-12-33-13-25-16)22(28)26-17-6-5-15(24)10-18(17)27-23(29)20-3-2-8-31-20/h2-10,12-13H,11H2,1H3,(H,26,28)(H,27,29). The van der Waals surface area contributed by atoms with Gasteiger partial charge in [0.05, 0.1) is 36.0 Å². The predicted molar refractivity (Wildman–Crippen MR) is 126 cm³/mol. The molecule has 0 atom stereocenters. The molecular weight excluding hydrogens is 466 g/mol. The van der Waals surface area contributed by atoms with E-state index in [0.29, 0.717) is 33.5 Å². The normalized spacial score (nSPS) is 10.5. The van der Waals surface area contributed by atoms with E-state index < -0.39 is 11.8 Å². The average molecular weight is 484 g/mol. The molecule has 4 aromatic rings. The van der Waals surface area contributed by atoms with Gasteiger partial charge in [0, 0.05) is 16.0 Å². The number of nitrogens with zero attached hydrogens (tertiary/aromatic N) is 1. The van der Waals surface area contributed by atoms with Gasteiger partial charge < -0.3 is 24.5 Å².